The number of anilines is 1. The molecule has 88 valence electrons. The molecule has 1 rings (SSSR count). The molecule has 0 saturated carbocycles. The number of hydrogen-bond donors (Lipinski definition) is 2. The van der Waals surface area contributed by atoms with Crippen LogP contribution in [0.3, 0.4) is 0 Å². The Bertz CT molecular complexity index is 393. The van der Waals surface area contributed by atoms with E-state index in [1.165, 1.54) is 5.56 Å². The van der Waals surface area contributed by atoms with Crippen LogP contribution in [0.25, 0.3) is 0 Å². The highest BCUT2D eigenvalue weighted by molar-refractivity contribution is 7.81. The second-order valence-electron chi connectivity index (χ2n) is 4.99. The lowest BCUT2D eigenvalue weighted by atomic mass is 9.86. The molecule has 16 heavy (non-hydrogen) atoms. The maximum atomic E-state index is 11.3. The first kappa shape index (κ1) is 13.1. The zero-order chi connectivity index (χ0) is 12.3. The van der Waals surface area contributed by atoms with Crippen LogP contribution in [0.15, 0.2) is 18.2 Å². The van der Waals surface area contributed by atoms with Gasteiger partial charge in [-0.3, -0.25) is 4.79 Å². The average molecular weight is 237 g/mol. The lowest BCUT2D eigenvalue weighted by molar-refractivity contribution is -0.113. The van der Waals surface area contributed by atoms with Crippen LogP contribution in [0.5, 0.6) is 0 Å². The molecule has 2 nitrogen and oxygen atoms in total. The molecule has 0 atom stereocenters. The van der Waals surface area contributed by atoms with E-state index >= 15 is 0 Å². The van der Waals surface area contributed by atoms with Gasteiger partial charge in [-0.1, -0.05) is 32.9 Å². The van der Waals surface area contributed by atoms with Crippen molar-refractivity contribution in [2.75, 3.05) is 11.1 Å². The minimum atomic E-state index is -0.0718. The van der Waals surface area contributed by atoms with Gasteiger partial charge in [0.25, 0.3) is 0 Å². The number of carbonyl (C=O) groups excluding carboxylic acids is 1. The normalized spacial score (nSPS) is 11.3. The highest BCUT2D eigenvalue weighted by Crippen LogP contribution is 2.26. The lowest BCUT2D eigenvalue weighted by Gasteiger charge is -2.21. The number of amides is 1. The molecule has 0 radical (unpaired) electrons. The summed E-state index contributed by atoms with van der Waals surface area (Å²) in [5.41, 5.74) is 3.26. The Morgan fingerprint density at radius 1 is 1.38 bits per heavy atom. The molecule has 0 aromatic heterocycles. The van der Waals surface area contributed by atoms with E-state index in [1.54, 1.807) is 0 Å². The molecule has 0 heterocycles. The highest BCUT2D eigenvalue weighted by atomic mass is 32.1. The van der Waals surface area contributed by atoms with Crippen LogP contribution in [0.1, 0.15) is 31.9 Å². The molecule has 1 aromatic rings. The average Bonchev–Trinajstić information content (AvgIpc) is 2.19. The van der Waals surface area contributed by atoms with E-state index in [1.807, 2.05) is 19.1 Å². The van der Waals surface area contributed by atoms with Gasteiger partial charge in [0, 0.05) is 5.69 Å². The second-order valence-corrected chi connectivity index (χ2v) is 5.30. The quantitative estimate of drug-likeness (QED) is 0.760. The molecule has 0 unspecified atom stereocenters. The van der Waals surface area contributed by atoms with Crippen LogP contribution in [0.2, 0.25) is 0 Å². The molecule has 1 aromatic carbocycles. The second kappa shape index (κ2) is 4.91. The molecule has 0 bridgehead atoms. The van der Waals surface area contributed by atoms with Gasteiger partial charge >= 0.3 is 0 Å². The Morgan fingerprint density at radius 3 is 2.50 bits per heavy atom. The smallest absolute Gasteiger partial charge is 0.234 e. The van der Waals surface area contributed by atoms with Crippen LogP contribution < -0.4 is 5.32 Å². The summed E-state index contributed by atoms with van der Waals surface area (Å²) in [6.45, 7) is 8.45. The largest absolute Gasteiger partial charge is 0.325 e. The lowest BCUT2D eigenvalue weighted by Crippen LogP contribution is -2.16. The molecule has 0 saturated heterocycles. The molecule has 1 N–H and O–H groups in total. The fourth-order valence-corrected chi connectivity index (χ4v) is 1.49. The van der Waals surface area contributed by atoms with Gasteiger partial charge in [0.15, 0.2) is 0 Å². The predicted molar refractivity (Wildman–Crippen MR) is 72.4 cm³/mol. The van der Waals surface area contributed by atoms with Crippen molar-refractivity contribution < 1.29 is 4.79 Å². The van der Waals surface area contributed by atoms with Crippen molar-refractivity contribution in [2.45, 2.75) is 33.1 Å². The zero-order valence-corrected chi connectivity index (χ0v) is 11.2. The minimum absolute atomic E-state index is 0.0718. The van der Waals surface area contributed by atoms with E-state index in [2.05, 4.69) is 44.8 Å². The van der Waals surface area contributed by atoms with Gasteiger partial charge in [0.2, 0.25) is 5.91 Å². The van der Waals surface area contributed by atoms with Crippen molar-refractivity contribution in [1.82, 2.24) is 0 Å². The van der Waals surface area contributed by atoms with Crippen molar-refractivity contribution >= 4 is 24.2 Å². The van der Waals surface area contributed by atoms with Gasteiger partial charge in [-0.25, -0.2) is 0 Å². The van der Waals surface area contributed by atoms with Gasteiger partial charge in [0.1, 0.15) is 0 Å². The first-order valence-electron chi connectivity index (χ1n) is 5.36. The Morgan fingerprint density at radius 2 is 2.00 bits per heavy atom. The molecule has 0 aliphatic rings. The number of nitrogens with one attached hydrogen (secondary N) is 1. The van der Waals surface area contributed by atoms with Crippen molar-refractivity contribution in [2.24, 2.45) is 0 Å². The van der Waals surface area contributed by atoms with Gasteiger partial charge in [-0.05, 0) is 29.5 Å². The molecule has 0 fully saturated rings. The molecule has 0 aliphatic heterocycles. The van der Waals surface area contributed by atoms with Crippen LogP contribution in [-0.4, -0.2) is 11.7 Å². The van der Waals surface area contributed by atoms with E-state index in [0.717, 1.165) is 11.3 Å². The number of thiol groups is 1. The standard InChI is InChI=1S/C13H19NOS/c1-9-5-6-10(13(2,3)4)7-11(9)14-12(15)8-16/h5-7,16H,8H2,1-4H3,(H,14,15). The fourth-order valence-electron chi connectivity index (χ4n) is 1.41. The first-order chi connectivity index (χ1) is 7.34. The zero-order valence-electron chi connectivity index (χ0n) is 10.3. The number of hydrogen-bond acceptors (Lipinski definition) is 2. The number of carbonyl (C=O) groups is 1. The Labute approximate surface area is 103 Å². The Kier molecular flexibility index (Phi) is 4.03. The van der Waals surface area contributed by atoms with Gasteiger partial charge in [0.05, 0.1) is 5.75 Å². The molecule has 1 amide bonds. The number of aryl methyl sites for hydroxylation is 1. The summed E-state index contributed by atoms with van der Waals surface area (Å²) in [5, 5.41) is 2.86. The Balaban J connectivity index is 3.04. The van der Waals surface area contributed by atoms with Crippen molar-refractivity contribution in [3.63, 3.8) is 0 Å². The predicted octanol–water partition coefficient (Wildman–Crippen LogP) is 3.16. The molecule has 3 heteroatoms. The summed E-state index contributed by atoms with van der Waals surface area (Å²) in [4.78, 5) is 11.3. The SMILES string of the molecule is Cc1ccc(C(C)(C)C)cc1NC(=O)CS. The van der Waals surface area contributed by atoms with Crippen LogP contribution in [-0.2, 0) is 10.2 Å². The maximum absolute atomic E-state index is 11.3. The van der Waals surface area contributed by atoms with Crippen LogP contribution >= 0.6 is 12.6 Å². The van der Waals surface area contributed by atoms with Crippen molar-refractivity contribution in [3.8, 4) is 0 Å². The van der Waals surface area contributed by atoms with E-state index in [-0.39, 0.29) is 17.1 Å². The third-order valence-corrected chi connectivity index (χ3v) is 2.81. The summed E-state index contributed by atoms with van der Waals surface area (Å²) < 4.78 is 0. The third kappa shape index (κ3) is 3.27. The van der Waals surface area contributed by atoms with E-state index in [9.17, 15) is 4.79 Å². The Hall–Kier alpha value is -0.960. The van der Waals surface area contributed by atoms with Gasteiger partial charge < -0.3 is 5.32 Å². The first-order valence-corrected chi connectivity index (χ1v) is 5.99. The van der Waals surface area contributed by atoms with Crippen LogP contribution in [0.4, 0.5) is 5.69 Å². The summed E-state index contributed by atoms with van der Waals surface area (Å²) in [6, 6.07) is 6.18. The van der Waals surface area contributed by atoms with Gasteiger partial charge in [-0.2, -0.15) is 12.6 Å². The van der Waals surface area contributed by atoms with Crippen molar-refractivity contribution in [1.29, 1.82) is 0 Å². The topological polar surface area (TPSA) is 29.1 Å². The third-order valence-electron chi connectivity index (χ3n) is 2.52. The summed E-state index contributed by atoms with van der Waals surface area (Å²) in [5.74, 6) is 0.136. The van der Waals surface area contributed by atoms with Crippen molar-refractivity contribution in [3.05, 3.63) is 29.3 Å². The monoisotopic (exact) mass is 237 g/mol. The minimum Gasteiger partial charge on any atom is -0.325 e. The number of rotatable bonds is 2. The molecular weight excluding hydrogens is 218 g/mol. The number of benzene rings is 1. The summed E-state index contributed by atoms with van der Waals surface area (Å²) in [6.07, 6.45) is 0. The highest BCUT2D eigenvalue weighted by Gasteiger charge is 2.15. The van der Waals surface area contributed by atoms with E-state index in [4.69, 9.17) is 0 Å². The molecular formula is C13H19NOS. The summed E-state index contributed by atoms with van der Waals surface area (Å²) >= 11 is 3.95. The van der Waals surface area contributed by atoms with E-state index < -0.39 is 0 Å². The van der Waals surface area contributed by atoms with Crippen LogP contribution in [0, 0.1) is 6.92 Å². The summed E-state index contributed by atoms with van der Waals surface area (Å²) in [7, 11) is 0. The van der Waals surface area contributed by atoms with E-state index in [0.29, 0.717) is 0 Å². The maximum Gasteiger partial charge on any atom is 0.234 e. The van der Waals surface area contributed by atoms with Gasteiger partial charge in [-0.15, -0.1) is 0 Å². The fraction of sp³-hybridized carbons (Fsp3) is 0.462. The molecule has 0 aliphatic carbocycles. The molecule has 0 spiro atoms.